The van der Waals surface area contributed by atoms with Gasteiger partial charge in [0.05, 0.1) is 12.2 Å². The number of nitrogens with zero attached hydrogens (tertiary/aromatic N) is 1. The van der Waals surface area contributed by atoms with Crippen molar-refractivity contribution in [1.29, 1.82) is 0 Å². The molecule has 3 rings (SSSR count). The molecule has 2 unspecified atom stereocenters. The van der Waals surface area contributed by atoms with Crippen LogP contribution in [0.1, 0.15) is 50.7 Å². The number of ether oxygens (including phenoxy) is 1. The van der Waals surface area contributed by atoms with Gasteiger partial charge in [-0.15, -0.1) is 0 Å². The van der Waals surface area contributed by atoms with E-state index in [1.165, 1.54) is 24.0 Å². The molecule has 2 atom stereocenters. The summed E-state index contributed by atoms with van der Waals surface area (Å²) in [4.78, 5) is 14.7. The van der Waals surface area contributed by atoms with E-state index in [0.29, 0.717) is 18.9 Å². The molecule has 27 heavy (non-hydrogen) atoms. The second kappa shape index (κ2) is 10.2. The maximum atomic E-state index is 12.3. The van der Waals surface area contributed by atoms with Crippen molar-refractivity contribution in [2.24, 2.45) is 5.92 Å². The summed E-state index contributed by atoms with van der Waals surface area (Å²) in [5.74, 6) is 0.881. The van der Waals surface area contributed by atoms with Gasteiger partial charge in [-0.3, -0.25) is 9.69 Å². The Morgan fingerprint density at radius 3 is 2.52 bits per heavy atom. The lowest BCUT2D eigenvalue weighted by Gasteiger charge is -2.35. The third-order valence-corrected chi connectivity index (χ3v) is 5.72. The van der Waals surface area contributed by atoms with Gasteiger partial charge in [0.25, 0.3) is 0 Å². The molecule has 5 nitrogen and oxygen atoms in total. The molecule has 2 heterocycles. The molecule has 2 aliphatic heterocycles. The van der Waals surface area contributed by atoms with Gasteiger partial charge in [-0.2, -0.15) is 0 Å². The van der Waals surface area contributed by atoms with E-state index in [0.717, 1.165) is 39.1 Å². The van der Waals surface area contributed by atoms with Gasteiger partial charge in [0.15, 0.2) is 0 Å². The SMILES string of the molecule is CC1CN(Cc2ccccc2CNC(=O)CCC2CCNCC2)CC(C)O1. The Hall–Kier alpha value is -1.43. The number of nitrogens with one attached hydrogen (secondary N) is 2. The van der Waals surface area contributed by atoms with Crippen LogP contribution in [-0.4, -0.2) is 49.2 Å². The van der Waals surface area contributed by atoms with Crippen molar-refractivity contribution in [2.75, 3.05) is 26.2 Å². The summed E-state index contributed by atoms with van der Waals surface area (Å²) >= 11 is 0. The van der Waals surface area contributed by atoms with E-state index in [1.807, 2.05) is 0 Å². The zero-order valence-electron chi connectivity index (χ0n) is 16.9. The summed E-state index contributed by atoms with van der Waals surface area (Å²) in [6.45, 7) is 9.92. The molecule has 0 saturated carbocycles. The molecule has 2 N–H and O–H groups in total. The maximum absolute atomic E-state index is 12.3. The monoisotopic (exact) mass is 373 g/mol. The summed E-state index contributed by atoms with van der Waals surface area (Å²) < 4.78 is 5.84. The largest absolute Gasteiger partial charge is 0.373 e. The molecule has 2 saturated heterocycles. The molecule has 0 aliphatic carbocycles. The standard InChI is InChI=1S/C22H35N3O2/c1-17-14-25(15-18(2)27-17)16-21-6-4-3-5-20(21)13-24-22(26)8-7-19-9-11-23-12-10-19/h3-6,17-19,23H,7-16H2,1-2H3,(H,24,26). The molecular weight excluding hydrogens is 338 g/mol. The number of rotatable bonds is 7. The van der Waals surface area contributed by atoms with Crippen molar-refractivity contribution in [3.05, 3.63) is 35.4 Å². The molecule has 0 bridgehead atoms. The first-order valence-corrected chi connectivity index (χ1v) is 10.5. The molecule has 1 amide bonds. The number of hydrogen-bond donors (Lipinski definition) is 2. The highest BCUT2D eigenvalue weighted by atomic mass is 16.5. The fraction of sp³-hybridized carbons (Fsp3) is 0.682. The lowest BCUT2D eigenvalue weighted by atomic mass is 9.93. The maximum Gasteiger partial charge on any atom is 0.220 e. The van der Waals surface area contributed by atoms with E-state index < -0.39 is 0 Å². The van der Waals surface area contributed by atoms with Crippen molar-refractivity contribution in [2.45, 2.75) is 64.8 Å². The molecule has 0 spiro atoms. The number of piperidine rings is 1. The van der Waals surface area contributed by atoms with Crippen molar-refractivity contribution in [1.82, 2.24) is 15.5 Å². The van der Waals surface area contributed by atoms with Gasteiger partial charge < -0.3 is 15.4 Å². The van der Waals surface area contributed by atoms with Crippen LogP contribution in [0.5, 0.6) is 0 Å². The predicted molar refractivity (Wildman–Crippen MR) is 108 cm³/mol. The number of benzene rings is 1. The van der Waals surface area contributed by atoms with Crippen LogP contribution in [0.15, 0.2) is 24.3 Å². The number of morpholine rings is 1. The average molecular weight is 374 g/mol. The van der Waals surface area contributed by atoms with E-state index in [2.05, 4.69) is 53.6 Å². The summed E-state index contributed by atoms with van der Waals surface area (Å²) in [7, 11) is 0. The molecule has 1 aromatic rings. The third kappa shape index (κ3) is 6.59. The van der Waals surface area contributed by atoms with Crippen LogP contribution in [0.2, 0.25) is 0 Å². The van der Waals surface area contributed by atoms with Gasteiger partial charge in [-0.05, 0) is 63.2 Å². The van der Waals surface area contributed by atoms with Crippen LogP contribution >= 0.6 is 0 Å². The predicted octanol–water partition coefficient (Wildman–Crippen LogP) is 2.69. The molecule has 2 fully saturated rings. The Balaban J connectivity index is 1.47. The highest BCUT2D eigenvalue weighted by Crippen LogP contribution is 2.19. The fourth-order valence-corrected chi connectivity index (χ4v) is 4.33. The van der Waals surface area contributed by atoms with Gasteiger partial charge in [0.1, 0.15) is 0 Å². The topological polar surface area (TPSA) is 53.6 Å². The van der Waals surface area contributed by atoms with Crippen LogP contribution < -0.4 is 10.6 Å². The summed E-state index contributed by atoms with van der Waals surface area (Å²) in [6.07, 6.45) is 4.61. The average Bonchev–Trinajstić information content (AvgIpc) is 2.66. The Morgan fingerprint density at radius 2 is 1.81 bits per heavy atom. The Morgan fingerprint density at radius 1 is 1.15 bits per heavy atom. The Bertz CT molecular complexity index is 591. The van der Waals surface area contributed by atoms with E-state index in [1.54, 1.807) is 0 Å². The smallest absolute Gasteiger partial charge is 0.220 e. The van der Waals surface area contributed by atoms with Crippen molar-refractivity contribution >= 4 is 5.91 Å². The first kappa shape index (κ1) is 20.3. The minimum Gasteiger partial charge on any atom is -0.373 e. The van der Waals surface area contributed by atoms with Crippen LogP contribution in [-0.2, 0) is 22.6 Å². The van der Waals surface area contributed by atoms with Gasteiger partial charge in [0.2, 0.25) is 5.91 Å². The van der Waals surface area contributed by atoms with Gasteiger partial charge >= 0.3 is 0 Å². The second-order valence-electron chi connectivity index (χ2n) is 8.23. The Kier molecular flexibility index (Phi) is 7.68. The number of carbonyl (C=O) groups excluding carboxylic acids is 1. The minimum absolute atomic E-state index is 0.178. The van der Waals surface area contributed by atoms with E-state index in [-0.39, 0.29) is 18.1 Å². The van der Waals surface area contributed by atoms with Crippen LogP contribution in [0, 0.1) is 5.92 Å². The third-order valence-electron chi connectivity index (χ3n) is 5.72. The molecular formula is C22H35N3O2. The zero-order chi connectivity index (χ0) is 19.1. The normalized spacial score (nSPS) is 24.7. The summed E-state index contributed by atoms with van der Waals surface area (Å²) in [5.41, 5.74) is 2.52. The van der Waals surface area contributed by atoms with E-state index >= 15 is 0 Å². The van der Waals surface area contributed by atoms with Gasteiger partial charge in [0, 0.05) is 32.6 Å². The van der Waals surface area contributed by atoms with E-state index in [4.69, 9.17) is 4.74 Å². The summed E-state index contributed by atoms with van der Waals surface area (Å²) in [5, 5.41) is 6.52. The number of carbonyl (C=O) groups is 1. The second-order valence-corrected chi connectivity index (χ2v) is 8.23. The fourth-order valence-electron chi connectivity index (χ4n) is 4.33. The van der Waals surface area contributed by atoms with Crippen LogP contribution in [0.4, 0.5) is 0 Å². The molecule has 2 aliphatic rings. The van der Waals surface area contributed by atoms with Gasteiger partial charge in [-0.1, -0.05) is 24.3 Å². The first-order chi connectivity index (χ1) is 13.1. The molecule has 5 heteroatoms. The lowest BCUT2D eigenvalue weighted by Crippen LogP contribution is -2.45. The molecule has 150 valence electrons. The van der Waals surface area contributed by atoms with Crippen molar-refractivity contribution < 1.29 is 9.53 Å². The zero-order valence-corrected chi connectivity index (χ0v) is 16.9. The van der Waals surface area contributed by atoms with Crippen LogP contribution in [0.25, 0.3) is 0 Å². The number of amides is 1. The lowest BCUT2D eigenvalue weighted by molar-refractivity contribution is -0.121. The highest BCUT2D eigenvalue weighted by Gasteiger charge is 2.22. The highest BCUT2D eigenvalue weighted by molar-refractivity contribution is 5.75. The summed E-state index contributed by atoms with van der Waals surface area (Å²) in [6, 6.07) is 8.46. The first-order valence-electron chi connectivity index (χ1n) is 10.5. The van der Waals surface area contributed by atoms with E-state index in [9.17, 15) is 4.79 Å². The Labute approximate surface area is 163 Å². The van der Waals surface area contributed by atoms with Crippen molar-refractivity contribution in [3.63, 3.8) is 0 Å². The van der Waals surface area contributed by atoms with Crippen LogP contribution in [0.3, 0.4) is 0 Å². The molecule has 0 aromatic heterocycles. The van der Waals surface area contributed by atoms with Gasteiger partial charge in [-0.25, -0.2) is 0 Å². The molecule has 0 radical (unpaired) electrons. The van der Waals surface area contributed by atoms with Crippen molar-refractivity contribution in [3.8, 4) is 0 Å². The minimum atomic E-state index is 0.178. The quantitative estimate of drug-likeness (QED) is 0.772. The number of hydrogen-bond acceptors (Lipinski definition) is 4. The molecule has 1 aromatic carbocycles.